The second kappa shape index (κ2) is 10.8. The summed E-state index contributed by atoms with van der Waals surface area (Å²) in [7, 11) is 0. The van der Waals surface area contributed by atoms with E-state index in [-0.39, 0.29) is 6.42 Å². The Morgan fingerprint density at radius 1 is 1.00 bits per heavy atom. The minimum absolute atomic E-state index is 0.263. The first-order valence-corrected chi connectivity index (χ1v) is 10.4. The molecule has 0 aliphatic heterocycles. The minimum Gasteiger partial charge on any atom is -0.459 e. The molecule has 0 spiro atoms. The lowest BCUT2D eigenvalue weighted by Gasteiger charge is -2.22. The van der Waals surface area contributed by atoms with Gasteiger partial charge in [-0.25, -0.2) is 13.6 Å². The average molecular weight is 489 g/mol. The zero-order valence-corrected chi connectivity index (χ0v) is 19.3. The molecule has 10 heteroatoms. The Balaban J connectivity index is 1.94. The van der Waals surface area contributed by atoms with Crippen molar-refractivity contribution in [2.24, 2.45) is 0 Å². The summed E-state index contributed by atoms with van der Waals surface area (Å²) in [4.78, 5) is 23.7. The molecule has 174 valence electrons. The molecule has 0 aromatic heterocycles. The van der Waals surface area contributed by atoms with E-state index >= 15 is 0 Å². The van der Waals surface area contributed by atoms with Gasteiger partial charge in [-0.1, -0.05) is 47.5 Å². The van der Waals surface area contributed by atoms with Crippen molar-refractivity contribution < 1.29 is 27.8 Å². The smallest absolute Gasteiger partial charge is 0.407 e. The highest BCUT2D eigenvalue weighted by Crippen LogP contribution is 2.33. The second-order valence-electron chi connectivity index (χ2n) is 7.93. The number of halogens is 4. The second-order valence-corrected chi connectivity index (χ2v) is 8.74. The lowest BCUT2D eigenvalue weighted by Crippen LogP contribution is -2.42. The molecule has 0 atom stereocenters. The number of alkyl halides is 2. The van der Waals surface area contributed by atoms with E-state index in [1.807, 2.05) is 5.32 Å². The third-order valence-corrected chi connectivity index (χ3v) is 4.54. The summed E-state index contributed by atoms with van der Waals surface area (Å²) in [6.45, 7) is 2.61. The first-order chi connectivity index (χ1) is 14.9. The molecule has 0 radical (unpaired) electrons. The van der Waals surface area contributed by atoms with Crippen LogP contribution in [0.5, 0.6) is 0 Å². The van der Waals surface area contributed by atoms with E-state index < -0.39 is 36.7 Å². The quantitative estimate of drug-likeness (QED) is 0.446. The average Bonchev–Trinajstić information content (AvgIpc) is 2.68. The van der Waals surface area contributed by atoms with Crippen LogP contribution in [0.15, 0.2) is 42.5 Å². The standard InChI is InChI=1S/C22H24Cl2F2N2O4/c1-21(2,3)32-20(30)27-12-22(25,26)13-31-18(29)11-14-7-4-5-10-17(14)28-19-15(23)8-6-9-16(19)24/h4-10,28H,11-13H2,1-3H3,(H,27,30). The van der Waals surface area contributed by atoms with Gasteiger partial charge in [-0.3, -0.25) is 4.79 Å². The molecule has 0 bridgehead atoms. The summed E-state index contributed by atoms with van der Waals surface area (Å²) in [5.41, 5.74) is 0.666. The number of carbonyl (C=O) groups excluding carboxylic acids is 2. The molecule has 0 heterocycles. The van der Waals surface area contributed by atoms with E-state index in [4.69, 9.17) is 32.7 Å². The lowest BCUT2D eigenvalue weighted by molar-refractivity contribution is -0.153. The number of carbonyl (C=O) groups is 2. The maximum absolute atomic E-state index is 14.0. The highest BCUT2D eigenvalue weighted by atomic mass is 35.5. The molecular weight excluding hydrogens is 465 g/mol. The van der Waals surface area contributed by atoms with Crippen molar-refractivity contribution in [1.82, 2.24) is 5.32 Å². The Kier molecular flexibility index (Phi) is 8.69. The highest BCUT2D eigenvalue weighted by molar-refractivity contribution is 6.39. The van der Waals surface area contributed by atoms with Gasteiger partial charge in [-0.2, -0.15) is 0 Å². The molecule has 0 aliphatic rings. The number of benzene rings is 2. The zero-order chi connectivity index (χ0) is 23.9. The van der Waals surface area contributed by atoms with E-state index in [1.54, 1.807) is 63.2 Å². The van der Waals surface area contributed by atoms with Gasteiger partial charge in [-0.05, 0) is 44.5 Å². The van der Waals surface area contributed by atoms with Crippen molar-refractivity contribution in [3.63, 3.8) is 0 Å². The van der Waals surface area contributed by atoms with Crippen molar-refractivity contribution in [1.29, 1.82) is 0 Å². The van der Waals surface area contributed by atoms with Crippen LogP contribution >= 0.6 is 23.2 Å². The van der Waals surface area contributed by atoms with Gasteiger partial charge in [0.2, 0.25) is 0 Å². The number of amides is 1. The van der Waals surface area contributed by atoms with Crippen LogP contribution < -0.4 is 10.6 Å². The number of hydrogen-bond acceptors (Lipinski definition) is 5. The summed E-state index contributed by atoms with van der Waals surface area (Å²) < 4.78 is 37.6. The number of ether oxygens (including phenoxy) is 2. The first kappa shape index (κ1) is 25.7. The number of rotatable bonds is 8. The molecule has 0 aliphatic carbocycles. The summed E-state index contributed by atoms with van der Waals surface area (Å²) in [5.74, 6) is -4.32. The van der Waals surface area contributed by atoms with Gasteiger partial charge in [0, 0.05) is 5.69 Å². The zero-order valence-electron chi connectivity index (χ0n) is 17.8. The van der Waals surface area contributed by atoms with Crippen LogP contribution in [0.3, 0.4) is 0 Å². The lowest BCUT2D eigenvalue weighted by atomic mass is 10.1. The van der Waals surface area contributed by atoms with Gasteiger partial charge < -0.3 is 20.1 Å². The van der Waals surface area contributed by atoms with Gasteiger partial charge in [0.25, 0.3) is 5.92 Å². The number of anilines is 2. The molecule has 0 saturated carbocycles. The Hall–Kier alpha value is -2.58. The normalized spacial score (nSPS) is 11.6. The van der Waals surface area contributed by atoms with E-state index in [0.717, 1.165) is 0 Å². The van der Waals surface area contributed by atoms with Crippen molar-refractivity contribution >= 4 is 46.6 Å². The van der Waals surface area contributed by atoms with E-state index in [1.165, 1.54) is 0 Å². The molecule has 2 aromatic rings. The van der Waals surface area contributed by atoms with Crippen LogP contribution in [0.2, 0.25) is 10.0 Å². The van der Waals surface area contributed by atoms with Crippen LogP contribution in [0.4, 0.5) is 25.0 Å². The maximum Gasteiger partial charge on any atom is 0.407 e. The number of para-hydroxylation sites is 2. The highest BCUT2D eigenvalue weighted by Gasteiger charge is 2.32. The number of nitrogens with one attached hydrogen (secondary N) is 2. The fraction of sp³-hybridized carbons (Fsp3) is 0.364. The van der Waals surface area contributed by atoms with E-state index in [9.17, 15) is 18.4 Å². The van der Waals surface area contributed by atoms with Crippen molar-refractivity contribution in [3.05, 3.63) is 58.1 Å². The van der Waals surface area contributed by atoms with Crippen molar-refractivity contribution in [2.75, 3.05) is 18.5 Å². The predicted octanol–water partition coefficient (Wildman–Crippen LogP) is 5.98. The predicted molar refractivity (Wildman–Crippen MR) is 120 cm³/mol. The number of esters is 1. The SMILES string of the molecule is CC(C)(C)OC(=O)NCC(F)(F)COC(=O)Cc1ccccc1Nc1c(Cl)cccc1Cl. The Morgan fingerprint density at radius 3 is 2.25 bits per heavy atom. The topological polar surface area (TPSA) is 76.7 Å². The molecule has 0 saturated heterocycles. The third-order valence-electron chi connectivity index (χ3n) is 3.91. The number of hydrogen-bond donors (Lipinski definition) is 2. The molecule has 32 heavy (non-hydrogen) atoms. The molecule has 1 amide bonds. The number of alkyl carbamates (subject to hydrolysis) is 1. The van der Waals surface area contributed by atoms with Gasteiger partial charge in [0.05, 0.1) is 28.7 Å². The largest absolute Gasteiger partial charge is 0.459 e. The molecule has 0 fully saturated rings. The van der Waals surface area contributed by atoms with Crippen LogP contribution in [-0.2, 0) is 20.7 Å². The summed E-state index contributed by atoms with van der Waals surface area (Å²) in [6.07, 6.45) is -1.25. The Bertz CT molecular complexity index is 945. The third kappa shape index (κ3) is 8.51. The minimum atomic E-state index is -3.46. The summed E-state index contributed by atoms with van der Waals surface area (Å²) in [6, 6.07) is 11.8. The van der Waals surface area contributed by atoms with E-state index in [2.05, 4.69) is 5.32 Å². The molecule has 6 nitrogen and oxygen atoms in total. The van der Waals surface area contributed by atoms with Crippen LogP contribution in [0, 0.1) is 0 Å². The first-order valence-electron chi connectivity index (χ1n) is 9.65. The van der Waals surface area contributed by atoms with Crippen LogP contribution in [0.25, 0.3) is 0 Å². The van der Waals surface area contributed by atoms with Gasteiger partial charge in [0.1, 0.15) is 5.60 Å². The fourth-order valence-corrected chi connectivity index (χ4v) is 3.00. The van der Waals surface area contributed by atoms with Crippen LogP contribution in [-0.4, -0.2) is 36.7 Å². The monoisotopic (exact) mass is 488 g/mol. The summed E-state index contributed by atoms with van der Waals surface area (Å²) in [5, 5.41) is 5.78. The fourth-order valence-electron chi connectivity index (χ4n) is 2.51. The maximum atomic E-state index is 14.0. The van der Waals surface area contributed by atoms with Gasteiger partial charge >= 0.3 is 12.1 Å². The van der Waals surface area contributed by atoms with Crippen molar-refractivity contribution in [3.8, 4) is 0 Å². The molecule has 2 aromatic carbocycles. The van der Waals surface area contributed by atoms with Gasteiger partial charge in [0.15, 0.2) is 6.61 Å². The van der Waals surface area contributed by atoms with E-state index in [0.29, 0.717) is 27.0 Å². The Labute approximate surface area is 195 Å². The molecule has 2 rings (SSSR count). The molecule has 0 unspecified atom stereocenters. The van der Waals surface area contributed by atoms with Gasteiger partial charge in [-0.15, -0.1) is 0 Å². The molecule has 2 N–H and O–H groups in total. The Morgan fingerprint density at radius 2 is 1.62 bits per heavy atom. The molecular formula is C22H24Cl2F2N2O4. The van der Waals surface area contributed by atoms with Crippen molar-refractivity contribution in [2.45, 2.75) is 38.7 Å². The van der Waals surface area contributed by atoms with Crippen LogP contribution in [0.1, 0.15) is 26.3 Å². The summed E-state index contributed by atoms with van der Waals surface area (Å²) >= 11 is 12.3.